The van der Waals surface area contributed by atoms with Crippen molar-refractivity contribution in [3.05, 3.63) is 100 Å². The van der Waals surface area contributed by atoms with E-state index in [0.29, 0.717) is 18.4 Å². The number of nitrogens with zero attached hydrogens (tertiary/aromatic N) is 3. The van der Waals surface area contributed by atoms with Crippen molar-refractivity contribution >= 4 is 9.84 Å². The largest absolute Gasteiger partial charge is 0.492 e. The van der Waals surface area contributed by atoms with Crippen LogP contribution < -0.4 is 5.56 Å². The summed E-state index contributed by atoms with van der Waals surface area (Å²) in [6.45, 7) is 3.50. The number of hydrogen-bond acceptors (Lipinski definition) is 7. The minimum Gasteiger partial charge on any atom is -0.492 e. The van der Waals surface area contributed by atoms with Gasteiger partial charge in [0, 0.05) is 18.8 Å². The predicted molar refractivity (Wildman–Crippen MR) is 145 cm³/mol. The van der Waals surface area contributed by atoms with Crippen molar-refractivity contribution in [1.29, 1.82) is 0 Å². The highest BCUT2D eigenvalue weighted by Crippen LogP contribution is 2.30. The van der Waals surface area contributed by atoms with E-state index < -0.39 is 38.8 Å². The van der Waals surface area contributed by atoms with Crippen LogP contribution >= 0.6 is 0 Å². The minimum absolute atomic E-state index is 0.146. The van der Waals surface area contributed by atoms with Gasteiger partial charge in [-0.25, -0.2) is 8.42 Å². The van der Waals surface area contributed by atoms with Gasteiger partial charge in [-0.3, -0.25) is 14.3 Å². The molecule has 38 heavy (non-hydrogen) atoms. The van der Waals surface area contributed by atoms with Crippen LogP contribution in [0.1, 0.15) is 49.2 Å². The summed E-state index contributed by atoms with van der Waals surface area (Å²) in [6.07, 6.45) is 6.22. The number of hydrogen-bond donors (Lipinski definition) is 2. The normalized spacial score (nSPS) is 12.4. The van der Waals surface area contributed by atoms with Crippen LogP contribution in [0.2, 0.25) is 0 Å². The van der Waals surface area contributed by atoms with E-state index >= 15 is 0 Å². The first-order chi connectivity index (χ1) is 18.3. The lowest BCUT2D eigenvalue weighted by Gasteiger charge is -2.23. The Labute approximate surface area is 222 Å². The third-order valence-electron chi connectivity index (χ3n) is 6.57. The number of rotatable bonds is 10. The monoisotopic (exact) mass is 533 g/mol. The van der Waals surface area contributed by atoms with Crippen molar-refractivity contribution in [1.82, 2.24) is 14.5 Å². The second-order valence-electron chi connectivity index (χ2n) is 9.14. The third kappa shape index (κ3) is 5.39. The molecule has 2 N–H and O–H groups in total. The summed E-state index contributed by atoms with van der Waals surface area (Å²) in [5.74, 6) is -0.608. The maximum absolute atomic E-state index is 13.8. The van der Waals surface area contributed by atoms with Gasteiger partial charge in [0.15, 0.2) is 4.90 Å². The molecule has 9 heteroatoms. The quantitative estimate of drug-likeness (QED) is 0.289. The van der Waals surface area contributed by atoms with Gasteiger partial charge in [-0.1, -0.05) is 62.2 Å². The Bertz CT molecular complexity index is 1570. The number of pyridine rings is 1. The van der Waals surface area contributed by atoms with Crippen LogP contribution in [0.15, 0.2) is 87.6 Å². The lowest BCUT2D eigenvalue weighted by molar-refractivity contribution is 0.240. The van der Waals surface area contributed by atoms with Crippen molar-refractivity contribution in [3.8, 4) is 17.0 Å². The van der Waals surface area contributed by atoms with Crippen LogP contribution in [0.5, 0.6) is 5.88 Å². The molecule has 0 aliphatic rings. The molecule has 2 aromatic carbocycles. The average Bonchev–Trinajstić information content (AvgIpc) is 2.91. The Hall–Kier alpha value is -3.82. The van der Waals surface area contributed by atoms with Gasteiger partial charge >= 0.3 is 0 Å². The van der Waals surface area contributed by atoms with Gasteiger partial charge in [0.1, 0.15) is 5.82 Å². The van der Waals surface area contributed by atoms with E-state index in [2.05, 4.69) is 9.97 Å². The Kier molecular flexibility index (Phi) is 8.38. The van der Waals surface area contributed by atoms with E-state index in [1.54, 1.807) is 48.8 Å². The molecule has 0 fully saturated rings. The average molecular weight is 534 g/mol. The van der Waals surface area contributed by atoms with Crippen LogP contribution in [-0.4, -0.2) is 39.8 Å². The summed E-state index contributed by atoms with van der Waals surface area (Å²) < 4.78 is 28.6. The van der Waals surface area contributed by atoms with Gasteiger partial charge in [0.25, 0.3) is 5.56 Å². The Balaban J connectivity index is 1.85. The summed E-state index contributed by atoms with van der Waals surface area (Å²) in [6, 6.07) is 16.0. The Morgan fingerprint density at radius 2 is 1.71 bits per heavy atom. The highest BCUT2D eigenvalue weighted by atomic mass is 32.2. The zero-order chi connectivity index (χ0) is 27.3. The fraction of sp³-hybridized carbons (Fsp3) is 0.276. The second-order valence-corrected chi connectivity index (χ2v) is 11.0. The molecule has 8 nitrogen and oxygen atoms in total. The SMILES string of the molecule is CCCCCc1nc(O)c(S(=O)(=O)c2ccc(-c3ccncc3C)cc2)c(=O)n1[C@@H](CO)c1ccccc1. The molecule has 0 radical (unpaired) electrons. The minimum atomic E-state index is -4.44. The number of aryl methyl sites for hydroxylation is 2. The maximum atomic E-state index is 13.8. The molecular weight excluding hydrogens is 502 g/mol. The number of benzene rings is 2. The Morgan fingerprint density at radius 1 is 1.00 bits per heavy atom. The van der Waals surface area contributed by atoms with Crippen LogP contribution in [-0.2, 0) is 16.3 Å². The molecule has 4 rings (SSSR count). The first-order valence-electron chi connectivity index (χ1n) is 12.6. The fourth-order valence-corrected chi connectivity index (χ4v) is 5.90. The van der Waals surface area contributed by atoms with Crippen molar-refractivity contribution in [2.45, 2.75) is 55.4 Å². The maximum Gasteiger partial charge on any atom is 0.277 e. The highest BCUT2D eigenvalue weighted by molar-refractivity contribution is 7.91. The van der Waals surface area contributed by atoms with Crippen molar-refractivity contribution in [3.63, 3.8) is 0 Å². The zero-order valence-corrected chi connectivity index (χ0v) is 22.2. The van der Waals surface area contributed by atoms with Gasteiger partial charge in [0.2, 0.25) is 15.7 Å². The van der Waals surface area contributed by atoms with Crippen molar-refractivity contribution in [2.24, 2.45) is 0 Å². The van der Waals surface area contributed by atoms with Crippen LogP contribution in [0.4, 0.5) is 0 Å². The lowest BCUT2D eigenvalue weighted by Crippen LogP contribution is -2.35. The molecule has 1 atom stereocenters. The van der Waals surface area contributed by atoms with E-state index in [0.717, 1.165) is 29.5 Å². The predicted octanol–water partition coefficient (Wildman–Crippen LogP) is 4.47. The fourth-order valence-electron chi connectivity index (χ4n) is 4.56. The standard InChI is InChI=1S/C29H31N3O5S/c1-3-4-6-11-26-31-28(34)27(29(35)32(26)25(19-33)22-9-7-5-8-10-22)38(36,37)23-14-12-21(13-15-23)24-16-17-30-18-20(24)2/h5,7-10,12-18,25,33-34H,3-4,6,11,19H2,1-2H3/t25-/m0/s1. The zero-order valence-electron chi connectivity index (χ0n) is 21.4. The van der Waals surface area contributed by atoms with Crippen molar-refractivity contribution < 1.29 is 18.6 Å². The lowest BCUT2D eigenvalue weighted by atomic mass is 10.0. The van der Waals surface area contributed by atoms with E-state index in [-0.39, 0.29) is 10.7 Å². The molecule has 4 aromatic rings. The smallest absolute Gasteiger partial charge is 0.277 e. The van der Waals surface area contributed by atoms with Crippen LogP contribution in [0.25, 0.3) is 11.1 Å². The van der Waals surface area contributed by atoms with E-state index in [1.807, 2.05) is 26.0 Å². The molecule has 0 saturated heterocycles. The number of aliphatic hydroxyl groups excluding tert-OH is 1. The molecular formula is C29H31N3O5S. The molecule has 0 unspecified atom stereocenters. The molecule has 0 aliphatic heterocycles. The molecule has 0 amide bonds. The first kappa shape index (κ1) is 27.2. The molecule has 2 aromatic heterocycles. The van der Waals surface area contributed by atoms with Gasteiger partial charge in [-0.05, 0) is 53.8 Å². The van der Waals surface area contributed by atoms with Crippen molar-refractivity contribution in [2.75, 3.05) is 6.61 Å². The highest BCUT2D eigenvalue weighted by Gasteiger charge is 2.31. The summed E-state index contributed by atoms with van der Waals surface area (Å²) in [5, 5.41) is 21.1. The third-order valence-corrected chi connectivity index (χ3v) is 8.35. The molecule has 198 valence electrons. The summed E-state index contributed by atoms with van der Waals surface area (Å²) in [5.41, 5.74) is 2.34. The second kappa shape index (κ2) is 11.7. The Morgan fingerprint density at radius 3 is 2.34 bits per heavy atom. The molecule has 2 heterocycles. The number of aromatic hydroxyl groups is 1. The van der Waals surface area contributed by atoms with Gasteiger partial charge in [-0.2, -0.15) is 4.98 Å². The topological polar surface area (TPSA) is 122 Å². The number of aromatic nitrogens is 3. The van der Waals surface area contributed by atoms with E-state index in [4.69, 9.17) is 0 Å². The van der Waals surface area contributed by atoms with Gasteiger partial charge < -0.3 is 10.2 Å². The van der Waals surface area contributed by atoms with E-state index in [9.17, 15) is 23.4 Å². The number of unbranched alkanes of at least 4 members (excludes halogenated alkanes) is 2. The first-order valence-corrected chi connectivity index (χ1v) is 14.0. The van der Waals surface area contributed by atoms with Gasteiger partial charge in [0.05, 0.1) is 17.5 Å². The summed E-state index contributed by atoms with van der Waals surface area (Å²) in [7, 11) is -4.44. The molecule has 0 aliphatic carbocycles. The van der Waals surface area contributed by atoms with Crippen LogP contribution in [0, 0.1) is 6.92 Å². The molecule has 0 saturated carbocycles. The van der Waals surface area contributed by atoms with E-state index in [1.165, 1.54) is 16.7 Å². The van der Waals surface area contributed by atoms with Gasteiger partial charge in [-0.15, -0.1) is 0 Å². The summed E-state index contributed by atoms with van der Waals surface area (Å²) >= 11 is 0. The number of sulfone groups is 1. The number of aliphatic hydroxyl groups is 1. The molecule has 0 bridgehead atoms. The molecule has 0 spiro atoms. The van der Waals surface area contributed by atoms with Crippen LogP contribution in [0.3, 0.4) is 0 Å². The summed E-state index contributed by atoms with van der Waals surface area (Å²) in [4.78, 5) is 21.2.